The summed E-state index contributed by atoms with van der Waals surface area (Å²) in [6.45, 7) is 4.49. The second-order valence-corrected chi connectivity index (χ2v) is 13.4. The molecule has 16 nitrogen and oxygen atoms in total. The second-order valence-electron chi connectivity index (χ2n) is 13.4. The van der Waals surface area contributed by atoms with E-state index >= 15 is 0 Å². The molecule has 2 saturated heterocycles. The van der Waals surface area contributed by atoms with Crippen LogP contribution >= 0.6 is 0 Å². The van der Waals surface area contributed by atoms with Crippen molar-refractivity contribution in [2.45, 2.75) is 75.9 Å². The molecule has 0 bridgehead atoms. The fourth-order valence-corrected chi connectivity index (χ4v) is 7.06. The van der Waals surface area contributed by atoms with Gasteiger partial charge in [-0.3, -0.25) is 9.59 Å². The van der Waals surface area contributed by atoms with Gasteiger partial charge in [-0.2, -0.15) is 0 Å². The van der Waals surface area contributed by atoms with Gasteiger partial charge in [0.15, 0.2) is 0 Å². The van der Waals surface area contributed by atoms with Crippen molar-refractivity contribution >= 4 is 46.1 Å². The first-order valence-corrected chi connectivity index (χ1v) is 17.9. The van der Waals surface area contributed by atoms with Gasteiger partial charge in [0.25, 0.3) is 0 Å². The van der Waals surface area contributed by atoms with E-state index < -0.39 is 36.5 Å². The van der Waals surface area contributed by atoms with Gasteiger partial charge in [-0.05, 0) is 75.9 Å². The molecule has 4 N–H and O–H groups in total. The molecule has 0 aliphatic carbocycles. The zero-order valence-corrected chi connectivity index (χ0v) is 31.2. The predicted molar refractivity (Wildman–Crippen MR) is 197 cm³/mol. The van der Waals surface area contributed by atoms with Crippen LogP contribution in [0.3, 0.4) is 0 Å². The smallest absolute Gasteiger partial charge is 0.407 e. The molecule has 4 heterocycles. The van der Waals surface area contributed by atoms with E-state index in [1.807, 2.05) is 36.4 Å². The van der Waals surface area contributed by atoms with Crippen molar-refractivity contribution in [1.82, 2.24) is 40.4 Å². The fourth-order valence-electron chi connectivity index (χ4n) is 7.06. The minimum atomic E-state index is -0.914. The van der Waals surface area contributed by atoms with Gasteiger partial charge in [0.05, 0.1) is 60.6 Å². The molecule has 6 rings (SSSR count). The van der Waals surface area contributed by atoms with Gasteiger partial charge in [0, 0.05) is 38.4 Å². The van der Waals surface area contributed by atoms with Crippen LogP contribution in [0.15, 0.2) is 36.4 Å². The molecular formula is C38H46N8O8. The van der Waals surface area contributed by atoms with Crippen LogP contribution < -0.4 is 10.6 Å². The number of aromatic nitrogens is 4. The Morgan fingerprint density at radius 3 is 1.48 bits per heavy atom. The average molecular weight is 743 g/mol. The number of carbonyl (C=O) groups excluding carboxylic acids is 4. The molecule has 4 amide bonds. The molecule has 0 unspecified atom stereocenters. The maximum atomic E-state index is 13.6. The van der Waals surface area contributed by atoms with Gasteiger partial charge >= 0.3 is 12.2 Å². The van der Waals surface area contributed by atoms with Gasteiger partial charge in [0.1, 0.15) is 23.7 Å². The second kappa shape index (κ2) is 16.6. The third kappa shape index (κ3) is 7.97. The van der Waals surface area contributed by atoms with E-state index in [0.29, 0.717) is 24.7 Å². The Morgan fingerprint density at radius 1 is 0.704 bits per heavy atom. The normalized spacial score (nSPS) is 19.1. The summed E-state index contributed by atoms with van der Waals surface area (Å²) in [7, 11) is 5.47. The van der Waals surface area contributed by atoms with Gasteiger partial charge < -0.3 is 49.3 Å². The van der Waals surface area contributed by atoms with Crippen LogP contribution in [0.1, 0.15) is 74.4 Å². The topological polar surface area (TPSA) is 193 Å². The number of imidazole rings is 2. The molecule has 0 spiro atoms. The van der Waals surface area contributed by atoms with Gasteiger partial charge in [-0.15, -0.1) is 0 Å². The molecule has 2 aromatic heterocycles. The van der Waals surface area contributed by atoms with E-state index in [4.69, 9.17) is 28.9 Å². The molecule has 2 fully saturated rings. The molecule has 286 valence electrons. The first kappa shape index (κ1) is 38.1. The number of aromatic amines is 2. The molecule has 16 heteroatoms. The van der Waals surface area contributed by atoms with Crippen LogP contribution in [-0.2, 0) is 28.5 Å². The summed E-state index contributed by atoms with van der Waals surface area (Å²) in [5, 5.41) is 5.22. The Bertz CT molecular complexity index is 1940. The van der Waals surface area contributed by atoms with E-state index in [-0.39, 0.29) is 23.9 Å². The number of hydrogen-bond acceptors (Lipinski definition) is 10. The van der Waals surface area contributed by atoms with Gasteiger partial charge in [-0.25, -0.2) is 19.6 Å². The lowest BCUT2D eigenvalue weighted by atomic mass is 10.1. The molecule has 6 atom stereocenters. The van der Waals surface area contributed by atoms with Crippen LogP contribution in [0.5, 0.6) is 0 Å². The zero-order chi connectivity index (χ0) is 38.5. The van der Waals surface area contributed by atoms with E-state index in [9.17, 15) is 19.2 Å². The molecule has 54 heavy (non-hydrogen) atoms. The average Bonchev–Trinajstić information content (AvgIpc) is 4.02. The summed E-state index contributed by atoms with van der Waals surface area (Å²) in [5.41, 5.74) is 4.60. The molecular weight excluding hydrogens is 696 g/mol. The molecule has 0 radical (unpaired) electrons. The molecule has 2 aromatic carbocycles. The number of fused-ring (bicyclic) bond motifs is 2. The Kier molecular flexibility index (Phi) is 11.7. The van der Waals surface area contributed by atoms with Crippen molar-refractivity contribution in [1.29, 1.82) is 0 Å². The summed E-state index contributed by atoms with van der Waals surface area (Å²) < 4.78 is 20.3. The molecule has 4 aromatic rings. The van der Waals surface area contributed by atoms with E-state index in [1.54, 1.807) is 23.6 Å². The van der Waals surface area contributed by atoms with Crippen molar-refractivity contribution in [2.24, 2.45) is 0 Å². The monoisotopic (exact) mass is 742 g/mol. The Morgan fingerprint density at radius 2 is 1.11 bits per heavy atom. The number of hydrogen-bond donors (Lipinski definition) is 4. The Balaban J connectivity index is 1.18. The minimum absolute atomic E-state index is 0.266. The minimum Gasteiger partial charge on any atom is -0.453 e. The van der Waals surface area contributed by atoms with Crippen LogP contribution in [-0.4, -0.2) is 120 Å². The number of methoxy groups -OCH3 is 4. The highest BCUT2D eigenvalue weighted by atomic mass is 16.5. The summed E-state index contributed by atoms with van der Waals surface area (Å²) in [4.78, 5) is 71.2. The Hall–Kier alpha value is -5.66. The number of ether oxygens (including phenoxy) is 4. The third-order valence-electron chi connectivity index (χ3n) is 10.2. The van der Waals surface area contributed by atoms with Crippen molar-refractivity contribution < 1.29 is 38.1 Å². The number of alkyl carbamates (subject to hydrolysis) is 2. The number of rotatable bonds is 10. The van der Waals surface area contributed by atoms with Crippen LogP contribution in [0.4, 0.5) is 9.59 Å². The fraction of sp³-hybridized carbons (Fsp3) is 0.474. The highest BCUT2D eigenvalue weighted by molar-refractivity contribution is 5.88. The summed E-state index contributed by atoms with van der Waals surface area (Å²) >= 11 is 0. The van der Waals surface area contributed by atoms with Gasteiger partial charge in [-0.1, -0.05) is 11.8 Å². The van der Waals surface area contributed by atoms with Crippen LogP contribution in [0, 0.1) is 11.8 Å². The number of H-pyrrole nitrogens is 2. The first-order chi connectivity index (χ1) is 26.0. The predicted octanol–water partition coefficient (Wildman–Crippen LogP) is 3.69. The highest BCUT2D eigenvalue weighted by Crippen LogP contribution is 2.34. The Labute approximate surface area is 312 Å². The van der Waals surface area contributed by atoms with Crippen molar-refractivity contribution in [3.63, 3.8) is 0 Å². The number of nitrogens with one attached hydrogen (secondary N) is 4. The number of amides is 4. The van der Waals surface area contributed by atoms with Crippen molar-refractivity contribution in [3.05, 3.63) is 59.2 Å². The number of carbonyl (C=O) groups is 4. The summed E-state index contributed by atoms with van der Waals surface area (Å²) in [5.74, 6) is 7.25. The van der Waals surface area contributed by atoms with E-state index in [1.165, 1.54) is 28.4 Å². The van der Waals surface area contributed by atoms with E-state index in [2.05, 4.69) is 32.4 Å². The lowest BCUT2D eigenvalue weighted by Crippen LogP contribution is -2.54. The standard InChI is InChI=1S/C38H46N8O8/c1-21(51-3)31(43-37(49)53-5)35(47)45-17-7-9-29(45)33-39-25-15-13-23(19-27(25)41-33)11-12-24-14-16-26-28(20-24)42-34(40-26)30-10-8-18-46(30)36(48)32(22(2)52-4)44-38(50)54-6/h13-16,19-22,29-32H,7-10,17-18H2,1-6H3,(H,39,41)(H,40,42)(H,43,49)(H,44,50)/t21-,22-,29+,30+,31+,32+/m1/s1. The first-order valence-electron chi connectivity index (χ1n) is 17.9. The van der Waals surface area contributed by atoms with E-state index in [0.717, 1.165) is 58.9 Å². The lowest BCUT2D eigenvalue weighted by Gasteiger charge is -2.30. The summed E-state index contributed by atoms with van der Waals surface area (Å²) in [6.07, 6.45) is 0.468. The third-order valence-corrected chi connectivity index (χ3v) is 10.2. The zero-order valence-electron chi connectivity index (χ0n) is 31.2. The summed E-state index contributed by atoms with van der Waals surface area (Å²) in [6, 6.07) is 9.05. The largest absolute Gasteiger partial charge is 0.453 e. The maximum absolute atomic E-state index is 13.6. The maximum Gasteiger partial charge on any atom is 0.407 e. The molecule has 2 aliphatic heterocycles. The van der Waals surface area contributed by atoms with Crippen LogP contribution in [0.2, 0.25) is 0 Å². The lowest BCUT2D eigenvalue weighted by molar-refractivity contribution is -0.138. The van der Waals surface area contributed by atoms with Crippen LogP contribution in [0.25, 0.3) is 22.1 Å². The quantitative estimate of drug-likeness (QED) is 0.174. The SMILES string of the molecule is COC(=O)N[C@H](C(=O)N1CCC[C@H]1c1nc2cc(C#Cc3ccc4[nH]c([C@@H]5CCCN5C(=O)[C@@H](NC(=O)OC)[C@@H](C)OC)nc4c3)ccc2[nH]1)[C@@H](C)OC. The van der Waals surface area contributed by atoms with Crippen molar-refractivity contribution in [2.75, 3.05) is 41.5 Å². The highest BCUT2D eigenvalue weighted by Gasteiger charge is 2.40. The molecule has 2 aliphatic rings. The van der Waals surface area contributed by atoms with Crippen molar-refractivity contribution in [3.8, 4) is 11.8 Å². The number of nitrogens with zero attached hydrogens (tertiary/aromatic N) is 4. The number of likely N-dealkylation sites (tertiary alicyclic amines) is 2. The number of benzene rings is 2. The van der Waals surface area contributed by atoms with Gasteiger partial charge in [0.2, 0.25) is 11.8 Å². The molecule has 0 saturated carbocycles.